The van der Waals surface area contributed by atoms with Crippen LogP contribution in [0.15, 0.2) is 297 Å². The molecule has 11 aromatic carbocycles. The van der Waals surface area contributed by atoms with Crippen molar-refractivity contribution < 1.29 is 12.2 Å². The summed E-state index contributed by atoms with van der Waals surface area (Å²) in [6.07, 6.45) is 0. The summed E-state index contributed by atoms with van der Waals surface area (Å²) in [5, 5.41) is 0. The Morgan fingerprint density at radius 2 is 0.408 bits per heavy atom. The van der Waals surface area contributed by atoms with Crippen LogP contribution in [-0.2, 0) is 0 Å². The summed E-state index contributed by atoms with van der Waals surface area (Å²) in [6, 6.07) is 96.5. The lowest BCUT2D eigenvalue weighted by Gasteiger charge is -2.26. The van der Waals surface area contributed by atoms with Crippen LogP contribution >= 0.6 is 0 Å². The Hall–Kier alpha value is -9.58. The first-order chi connectivity index (χ1) is 36.0. The van der Waals surface area contributed by atoms with E-state index in [1.165, 1.54) is 0 Å². The number of hydrogen-bond donors (Lipinski definition) is 0. The molecule has 5 heteroatoms. The van der Waals surface area contributed by atoms with Gasteiger partial charge in [0.25, 0.3) is 0 Å². The van der Waals surface area contributed by atoms with E-state index in [1.807, 2.05) is 140 Å². The molecule has 5 nitrogen and oxygen atoms in total. The molecule has 0 fully saturated rings. The first kappa shape index (κ1) is 41.6. The van der Waals surface area contributed by atoms with Crippen molar-refractivity contribution in [2.45, 2.75) is 0 Å². The van der Waals surface area contributed by atoms with E-state index in [0.717, 1.165) is 73.4 Å². The van der Waals surface area contributed by atoms with Gasteiger partial charge in [0, 0.05) is 51.2 Å². The third-order valence-electron chi connectivity index (χ3n) is 12.2. The van der Waals surface area contributed by atoms with E-state index in [9.17, 15) is 0 Å². The molecule has 71 heavy (non-hydrogen) atoms. The van der Waals surface area contributed by atoms with Crippen molar-refractivity contribution in [2.75, 3.05) is 14.7 Å². The molecule has 0 heterocycles. The summed E-state index contributed by atoms with van der Waals surface area (Å²) in [4.78, 5) is 6.52. The van der Waals surface area contributed by atoms with Crippen LogP contribution in [0.2, 0.25) is 0 Å². The van der Waals surface area contributed by atoms with Gasteiger partial charge >= 0.3 is 0 Å². The number of para-hydroxylation sites is 3. The van der Waals surface area contributed by atoms with E-state index in [0.29, 0.717) is 35.1 Å². The molecular weight excluding hydrogens is 867 g/mol. The summed E-state index contributed by atoms with van der Waals surface area (Å²) < 4.78 is 29.6. The predicted octanol–water partition coefficient (Wildman–Crippen LogP) is 19.0. The summed E-state index contributed by atoms with van der Waals surface area (Å²) in [5.74, 6) is 2.84. The second kappa shape index (κ2) is 20.7. The molecule has 340 valence electrons. The van der Waals surface area contributed by atoms with E-state index in [1.54, 1.807) is 12.1 Å². The maximum absolute atomic E-state index is 8.36. The Morgan fingerprint density at radius 3 is 0.690 bits per heavy atom. The highest BCUT2D eigenvalue weighted by atomic mass is 16.5. The molecule has 0 aromatic heterocycles. The minimum atomic E-state index is 0.446. The quantitative estimate of drug-likeness (QED) is 0.102. The molecule has 0 aliphatic rings. The summed E-state index contributed by atoms with van der Waals surface area (Å²) >= 11 is 0. The van der Waals surface area contributed by atoms with Crippen molar-refractivity contribution >= 4 is 51.2 Å². The van der Waals surface area contributed by atoms with Gasteiger partial charge in [-0.3, -0.25) is 0 Å². The fraction of sp³-hybridized carbons (Fsp3) is 0. The van der Waals surface area contributed by atoms with Crippen molar-refractivity contribution in [1.82, 2.24) is 0 Å². The lowest BCUT2D eigenvalue weighted by molar-refractivity contribution is 0.482. The predicted molar refractivity (Wildman–Crippen MR) is 294 cm³/mol. The lowest BCUT2D eigenvalue weighted by atomic mass is 10.0. The zero-order chi connectivity index (χ0) is 49.3. The molecule has 0 amide bonds. The Labute approximate surface area is 418 Å². The maximum Gasteiger partial charge on any atom is 0.127 e. The standard InChI is InChI=1S/C66H49N3O2/c1-6-16-50(17-7-1)52-26-30-57(31-27-52)67(54-20-10-3-11-21-54)59-34-42-63(43-35-59)70-65-46-38-61(39-47-65)69(56-24-14-5-15-25-56)62-40-48-66(49-41-62)71-64-44-36-60(37-45-64)68(55-22-12-4-13-23-55)58-32-28-53(29-33-58)51-18-8-2-9-19-51/h1-49H/i10T,12T. The first-order valence-corrected chi connectivity index (χ1v) is 23.6. The molecule has 0 unspecified atom stereocenters. The number of benzene rings is 11. The van der Waals surface area contributed by atoms with Gasteiger partial charge in [-0.1, -0.05) is 139 Å². The van der Waals surface area contributed by atoms with Gasteiger partial charge in [-0.05, 0) is 180 Å². The Morgan fingerprint density at radius 1 is 0.197 bits per heavy atom. The SMILES string of the molecule is [3H]c1cccc(N(c2ccc(Oc3ccc(N(c4ccccc4)c4ccc(Oc5ccc(N(c6ccc(-c7ccccc7)cc6)c6cccc([3H])c6)cc5)cc4)cc3)cc2)c2ccc(-c3ccccc3)cc2)c1. The Kier molecular flexibility index (Phi) is 12.2. The molecule has 11 aromatic rings. The Bertz CT molecular complexity index is 3320. The van der Waals surface area contributed by atoms with Crippen molar-refractivity contribution in [3.63, 3.8) is 0 Å². The molecule has 0 spiro atoms. The number of rotatable bonds is 15. The van der Waals surface area contributed by atoms with Crippen LogP contribution in [0.25, 0.3) is 22.3 Å². The van der Waals surface area contributed by atoms with Gasteiger partial charge in [0.05, 0.1) is 2.74 Å². The molecule has 0 saturated heterocycles. The van der Waals surface area contributed by atoms with Crippen LogP contribution in [0.4, 0.5) is 51.2 Å². The van der Waals surface area contributed by atoms with Crippen LogP contribution < -0.4 is 24.2 Å². The van der Waals surface area contributed by atoms with Gasteiger partial charge in [-0.15, -0.1) is 0 Å². The minimum Gasteiger partial charge on any atom is -0.457 e. The van der Waals surface area contributed by atoms with Crippen LogP contribution in [0.1, 0.15) is 2.74 Å². The smallest absolute Gasteiger partial charge is 0.127 e. The van der Waals surface area contributed by atoms with Crippen LogP contribution in [0.3, 0.4) is 0 Å². The normalized spacial score (nSPS) is 11.2. The second-order valence-electron chi connectivity index (χ2n) is 16.9. The van der Waals surface area contributed by atoms with Gasteiger partial charge < -0.3 is 24.2 Å². The van der Waals surface area contributed by atoms with Crippen molar-refractivity contribution in [2.24, 2.45) is 0 Å². The highest BCUT2D eigenvalue weighted by Gasteiger charge is 2.17. The Balaban J connectivity index is 0.791. The molecule has 0 bridgehead atoms. The number of nitrogens with zero attached hydrogens (tertiary/aromatic N) is 3. The number of hydrogen-bond acceptors (Lipinski definition) is 5. The van der Waals surface area contributed by atoms with E-state index >= 15 is 0 Å². The highest BCUT2D eigenvalue weighted by molar-refractivity contribution is 5.81. The van der Waals surface area contributed by atoms with Gasteiger partial charge in [0.1, 0.15) is 23.0 Å². The van der Waals surface area contributed by atoms with E-state index < -0.39 is 0 Å². The second-order valence-corrected chi connectivity index (χ2v) is 16.9. The maximum atomic E-state index is 8.36. The van der Waals surface area contributed by atoms with E-state index in [-0.39, 0.29) is 0 Å². The number of ether oxygens (including phenoxy) is 2. The summed E-state index contributed by atoms with van der Waals surface area (Å²) in [5.41, 5.74) is 13.2. The fourth-order valence-corrected chi connectivity index (χ4v) is 8.76. The van der Waals surface area contributed by atoms with E-state index in [4.69, 9.17) is 12.2 Å². The number of anilines is 9. The molecular formula is C66H49N3O2. The monoisotopic (exact) mass is 919 g/mol. The van der Waals surface area contributed by atoms with E-state index in [2.05, 4.69) is 148 Å². The van der Waals surface area contributed by atoms with Gasteiger partial charge in [0.15, 0.2) is 0 Å². The molecule has 0 saturated carbocycles. The fourth-order valence-electron chi connectivity index (χ4n) is 8.76. The highest BCUT2D eigenvalue weighted by Crippen LogP contribution is 2.41. The third kappa shape index (κ3) is 10.2. The van der Waals surface area contributed by atoms with Crippen molar-refractivity contribution in [3.05, 3.63) is 297 Å². The van der Waals surface area contributed by atoms with Crippen molar-refractivity contribution in [3.8, 4) is 45.3 Å². The molecule has 0 aliphatic carbocycles. The van der Waals surface area contributed by atoms with Crippen molar-refractivity contribution in [1.29, 1.82) is 0 Å². The molecule has 0 aliphatic heterocycles. The zero-order valence-corrected chi connectivity index (χ0v) is 38.8. The molecule has 0 N–H and O–H groups in total. The van der Waals surface area contributed by atoms with Gasteiger partial charge in [0.2, 0.25) is 0 Å². The minimum absolute atomic E-state index is 0.446. The molecule has 0 radical (unpaired) electrons. The summed E-state index contributed by atoms with van der Waals surface area (Å²) in [6.45, 7) is 0. The third-order valence-corrected chi connectivity index (χ3v) is 12.2. The van der Waals surface area contributed by atoms with Crippen LogP contribution in [0.5, 0.6) is 23.0 Å². The zero-order valence-electron chi connectivity index (χ0n) is 40.8. The summed E-state index contributed by atoms with van der Waals surface area (Å²) in [7, 11) is 0. The van der Waals surface area contributed by atoms with Crippen LogP contribution in [-0.4, -0.2) is 0 Å². The topological polar surface area (TPSA) is 28.2 Å². The van der Waals surface area contributed by atoms with Crippen LogP contribution in [0, 0.1) is 0 Å². The molecule has 11 rings (SSSR count). The average molecular weight is 920 g/mol. The van der Waals surface area contributed by atoms with Gasteiger partial charge in [-0.25, -0.2) is 0 Å². The average Bonchev–Trinajstić information content (AvgIpc) is 3.44. The molecule has 0 atom stereocenters. The lowest BCUT2D eigenvalue weighted by Crippen LogP contribution is -2.10. The first-order valence-electron chi connectivity index (χ1n) is 24.6. The largest absolute Gasteiger partial charge is 0.457 e. The van der Waals surface area contributed by atoms with Gasteiger partial charge in [-0.2, -0.15) is 0 Å².